The molecule has 0 saturated heterocycles. The Bertz CT molecular complexity index is 1320. The molecule has 2 aliphatic rings. The molecule has 12 heteroatoms. The predicted molar refractivity (Wildman–Crippen MR) is 114 cm³/mol. The topological polar surface area (TPSA) is 182 Å². The first kappa shape index (κ1) is 19.5. The number of hydrogen-bond donors (Lipinski definition) is 5. The number of aromatic nitrogens is 4. The zero-order valence-corrected chi connectivity index (χ0v) is 17.0. The molecule has 2 bridgehead atoms. The van der Waals surface area contributed by atoms with Gasteiger partial charge in [-0.05, 0) is 36.5 Å². The van der Waals surface area contributed by atoms with E-state index in [0.717, 1.165) is 6.42 Å². The number of primary amides is 1. The lowest BCUT2D eigenvalue weighted by Crippen LogP contribution is -2.41. The van der Waals surface area contributed by atoms with Gasteiger partial charge in [-0.2, -0.15) is 9.97 Å². The van der Waals surface area contributed by atoms with Crippen molar-refractivity contribution in [1.29, 1.82) is 0 Å². The number of benzene rings is 1. The first-order valence-electron chi connectivity index (χ1n) is 9.65. The van der Waals surface area contributed by atoms with E-state index in [1.54, 1.807) is 12.1 Å². The van der Waals surface area contributed by atoms with Gasteiger partial charge in [-0.3, -0.25) is 4.79 Å². The lowest BCUT2D eigenvalue weighted by atomic mass is 9.88. The first-order chi connectivity index (χ1) is 14.8. The van der Waals surface area contributed by atoms with Crippen LogP contribution in [0.4, 0.5) is 17.5 Å². The number of fused-ring (bicyclic) bond motifs is 3. The highest BCUT2D eigenvalue weighted by atomic mass is 32.2. The number of imidazole rings is 1. The van der Waals surface area contributed by atoms with E-state index < -0.39 is 10.0 Å². The average Bonchev–Trinajstić information content (AvgIpc) is 3.43. The van der Waals surface area contributed by atoms with Crippen LogP contribution >= 0.6 is 0 Å². The van der Waals surface area contributed by atoms with Crippen LogP contribution in [0.15, 0.2) is 47.6 Å². The summed E-state index contributed by atoms with van der Waals surface area (Å²) in [4.78, 5) is 28.1. The highest BCUT2D eigenvalue weighted by Gasteiger charge is 2.47. The van der Waals surface area contributed by atoms with Crippen LogP contribution in [0.1, 0.15) is 6.42 Å². The molecule has 3 aromatic rings. The fraction of sp³-hybridized carbons (Fsp3) is 0.263. The summed E-state index contributed by atoms with van der Waals surface area (Å²) in [6, 6.07) is 5.84. The molecule has 0 aliphatic heterocycles. The number of carbonyl (C=O) groups is 1. The van der Waals surface area contributed by atoms with Gasteiger partial charge in [0.05, 0.1) is 17.1 Å². The van der Waals surface area contributed by atoms with Crippen molar-refractivity contribution in [2.45, 2.75) is 17.4 Å². The Morgan fingerprint density at radius 3 is 2.77 bits per heavy atom. The lowest BCUT2D eigenvalue weighted by Gasteiger charge is -2.27. The van der Waals surface area contributed by atoms with Crippen LogP contribution in [-0.4, -0.2) is 40.3 Å². The Morgan fingerprint density at radius 2 is 2.00 bits per heavy atom. The number of rotatable bonds is 6. The molecule has 5 rings (SSSR count). The van der Waals surface area contributed by atoms with Gasteiger partial charge in [-0.25, -0.2) is 18.5 Å². The van der Waals surface area contributed by atoms with Crippen molar-refractivity contribution in [3.63, 3.8) is 0 Å². The summed E-state index contributed by atoms with van der Waals surface area (Å²) in [5, 5.41) is 11.6. The minimum absolute atomic E-state index is 0.0326. The third-order valence-electron chi connectivity index (χ3n) is 5.80. The molecule has 2 aromatic heterocycles. The number of H-pyrrole nitrogens is 1. The van der Waals surface area contributed by atoms with E-state index in [4.69, 9.17) is 10.9 Å². The number of nitrogens with zero attached hydrogens (tertiary/aromatic N) is 3. The molecule has 1 aromatic carbocycles. The summed E-state index contributed by atoms with van der Waals surface area (Å²) >= 11 is 0. The molecule has 2 heterocycles. The minimum Gasteiger partial charge on any atom is -0.369 e. The van der Waals surface area contributed by atoms with Gasteiger partial charge in [-0.15, -0.1) is 0 Å². The molecule has 0 radical (unpaired) electrons. The van der Waals surface area contributed by atoms with Gasteiger partial charge in [0.1, 0.15) is 5.52 Å². The Balaban J connectivity index is 1.49. The highest BCUT2D eigenvalue weighted by molar-refractivity contribution is 7.89. The number of hydrogen-bond acceptors (Lipinski definition) is 8. The maximum absolute atomic E-state index is 12.1. The number of allylic oxidation sites excluding steroid dienone is 1. The second-order valence-electron chi connectivity index (χ2n) is 7.74. The Morgan fingerprint density at radius 1 is 1.19 bits per heavy atom. The van der Waals surface area contributed by atoms with Crippen LogP contribution in [0, 0.1) is 17.8 Å². The van der Waals surface area contributed by atoms with Gasteiger partial charge in [0, 0.05) is 11.7 Å². The number of carbonyl (C=O) groups excluding carboxylic acids is 1. The number of nitrogens with one attached hydrogen (secondary N) is 3. The maximum Gasteiger partial charge on any atom is 0.238 e. The van der Waals surface area contributed by atoms with Gasteiger partial charge >= 0.3 is 0 Å². The number of primary sulfonamides is 1. The first-order valence-corrected chi connectivity index (χ1v) is 11.2. The van der Waals surface area contributed by atoms with Crippen molar-refractivity contribution < 1.29 is 13.2 Å². The zero-order valence-electron chi connectivity index (χ0n) is 16.2. The SMILES string of the molecule is NC(=O)[C@@H]1[C@H](Nc2nc(Nc3cccc(S(N)(=O)=O)c3)nc3nc[nH]c23)[C@H]2C=C[C@@H]1C2. The molecule has 7 N–H and O–H groups in total. The molecular formula is C19H20N8O3S. The van der Waals surface area contributed by atoms with E-state index in [-0.39, 0.29) is 40.5 Å². The van der Waals surface area contributed by atoms with E-state index in [1.165, 1.54) is 18.5 Å². The molecule has 1 amide bonds. The van der Waals surface area contributed by atoms with Crippen LogP contribution < -0.4 is 21.5 Å². The van der Waals surface area contributed by atoms with Crippen LogP contribution in [0.25, 0.3) is 11.2 Å². The van der Waals surface area contributed by atoms with Crippen LogP contribution in [0.5, 0.6) is 0 Å². The third kappa shape index (κ3) is 3.49. The van der Waals surface area contributed by atoms with E-state index in [9.17, 15) is 13.2 Å². The fourth-order valence-electron chi connectivity index (χ4n) is 4.44. The molecule has 4 atom stereocenters. The van der Waals surface area contributed by atoms with Crippen molar-refractivity contribution in [3.05, 3.63) is 42.7 Å². The molecule has 11 nitrogen and oxygen atoms in total. The van der Waals surface area contributed by atoms with Gasteiger partial charge < -0.3 is 21.4 Å². The van der Waals surface area contributed by atoms with Gasteiger partial charge in [0.25, 0.3) is 0 Å². The molecule has 1 fully saturated rings. The van der Waals surface area contributed by atoms with E-state index >= 15 is 0 Å². The maximum atomic E-state index is 12.1. The van der Waals surface area contributed by atoms with Crippen molar-refractivity contribution in [3.8, 4) is 0 Å². The molecule has 0 spiro atoms. The molecule has 31 heavy (non-hydrogen) atoms. The number of nitrogens with two attached hydrogens (primary N) is 2. The minimum atomic E-state index is -3.85. The standard InChI is InChI=1S/C19H20N8O3S/c20-16(28)13-9-4-5-10(6-9)14(13)25-18-15-17(23-8-22-15)26-19(27-18)24-11-2-1-3-12(7-11)31(21,29)30/h1-5,7-10,13-14H,6H2,(H2,20,28)(H2,21,29,30)(H3,22,23,24,25,26,27)/t9-,10+,13+,14-/m1/s1. The quantitative estimate of drug-likeness (QED) is 0.349. The van der Waals surface area contributed by atoms with Crippen molar-refractivity contribution in [1.82, 2.24) is 19.9 Å². The van der Waals surface area contributed by atoms with Gasteiger partial charge in [0.15, 0.2) is 11.5 Å². The van der Waals surface area contributed by atoms with Crippen LogP contribution in [0.2, 0.25) is 0 Å². The third-order valence-corrected chi connectivity index (χ3v) is 6.71. The van der Waals surface area contributed by atoms with E-state index in [1.807, 2.05) is 0 Å². The number of sulfonamides is 1. The van der Waals surface area contributed by atoms with E-state index in [0.29, 0.717) is 22.7 Å². The van der Waals surface area contributed by atoms with Crippen molar-refractivity contribution in [2.24, 2.45) is 28.6 Å². The van der Waals surface area contributed by atoms with Crippen LogP contribution in [0.3, 0.4) is 0 Å². The Hall–Kier alpha value is -3.51. The molecular weight excluding hydrogens is 420 g/mol. The summed E-state index contributed by atoms with van der Waals surface area (Å²) in [5.74, 6) is 0.317. The second kappa shape index (κ2) is 7.03. The zero-order chi connectivity index (χ0) is 21.8. The molecule has 2 aliphatic carbocycles. The highest BCUT2D eigenvalue weighted by Crippen LogP contribution is 2.45. The Labute approximate surface area is 177 Å². The molecule has 160 valence electrons. The Kier molecular flexibility index (Phi) is 4.41. The normalized spacial score (nSPS) is 24.5. The number of aromatic amines is 1. The summed E-state index contributed by atoms with van der Waals surface area (Å²) in [5.41, 5.74) is 7.12. The number of anilines is 3. The second-order valence-corrected chi connectivity index (χ2v) is 9.30. The van der Waals surface area contributed by atoms with Crippen molar-refractivity contribution >= 4 is 44.5 Å². The predicted octanol–water partition coefficient (Wildman–Crippen LogP) is 0.832. The van der Waals surface area contributed by atoms with Crippen LogP contribution in [-0.2, 0) is 14.8 Å². The van der Waals surface area contributed by atoms with Crippen molar-refractivity contribution in [2.75, 3.05) is 10.6 Å². The number of amides is 1. The lowest BCUT2D eigenvalue weighted by molar-refractivity contribution is -0.122. The fourth-order valence-corrected chi connectivity index (χ4v) is 5.00. The average molecular weight is 440 g/mol. The summed E-state index contributed by atoms with van der Waals surface area (Å²) < 4.78 is 23.2. The van der Waals surface area contributed by atoms with Gasteiger partial charge in [0.2, 0.25) is 21.9 Å². The smallest absolute Gasteiger partial charge is 0.238 e. The largest absolute Gasteiger partial charge is 0.369 e. The molecule has 0 unspecified atom stereocenters. The molecule has 1 saturated carbocycles. The summed E-state index contributed by atoms with van der Waals surface area (Å²) in [6.07, 6.45) is 6.52. The summed E-state index contributed by atoms with van der Waals surface area (Å²) in [7, 11) is -3.85. The monoisotopic (exact) mass is 440 g/mol. The van der Waals surface area contributed by atoms with E-state index in [2.05, 4.69) is 42.7 Å². The van der Waals surface area contributed by atoms with Gasteiger partial charge in [-0.1, -0.05) is 18.2 Å². The summed E-state index contributed by atoms with van der Waals surface area (Å²) in [6.45, 7) is 0.